The minimum absolute atomic E-state index is 0.0964. The van der Waals surface area contributed by atoms with Crippen molar-refractivity contribution in [3.8, 4) is 5.75 Å². The van der Waals surface area contributed by atoms with Crippen LogP contribution in [0, 0.1) is 0 Å². The zero-order chi connectivity index (χ0) is 13.7. The highest BCUT2D eigenvalue weighted by molar-refractivity contribution is 5.88. The van der Waals surface area contributed by atoms with E-state index in [9.17, 15) is 9.90 Å². The van der Waals surface area contributed by atoms with Gasteiger partial charge in [-0.2, -0.15) is 0 Å². The van der Waals surface area contributed by atoms with Gasteiger partial charge in [0.15, 0.2) is 0 Å². The number of aromatic hydroxyl groups is 1. The molecule has 0 spiro atoms. The van der Waals surface area contributed by atoms with Gasteiger partial charge in [0.2, 0.25) is 0 Å². The van der Waals surface area contributed by atoms with E-state index in [1.54, 1.807) is 12.1 Å². The largest absolute Gasteiger partial charge is 0.508 e. The topological polar surface area (TPSA) is 98.3 Å². The van der Waals surface area contributed by atoms with Crippen molar-refractivity contribution in [1.29, 1.82) is 0 Å². The first-order valence-electron chi connectivity index (χ1n) is 5.66. The third kappa shape index (κ3) is 3.41. The molecule has 0 aliphatic carbocycles. The van der Waals surface area contributed by atoms with Crippen LogP contribution >= 0.6 is 0 Å². The van der Waals surface area contributed by atoms with Crippen LogP contribution in [0.2, 0.25) is 0 Å². The van der Waals surface area contributed by atoms with Crippen molar-refractivity contribution in [2.45, 2.75) is 6.42 Å². The van der Waals surface area contributed by atoms with Crippen molar-refractivity contribution in [1.82, 2.24) is 9.97 Å². The number of hydrogen-bond donors (Lipinski definition) is 2. The summed E-state index contributed by atoms with van der Waals surface area (Å²) in [5, 5.41) is 9.63. The predicted octanol–water partition coefficient (Wildman–Crippen LogP) is 1.16. The first kappa shape index (κ1) is 12.8. The number of carbonyl (C=O) groups is 1. The first-order valence-corrected chi connectivity index (χ1v) is 5.66. The van der Waals surface area contributed by atoms with Crippen molar-refractivity contribution < 1.29 is 14.6 Å². The van der Waals surface area contributed by atoms with Gasteiger partial charge in [0.1, 0.15) is 12.1 Å². The number of carbonyl (C=O) groups excluding carboxylic acids is 1. The van der Waals surface area contributed by atoms with Gasteiger partial charge < -0.3 is 15.6 Å². The highest BCUT2D eigenvalue weighted by atomic mass is 16.5. The summed E-state index contributed by atoms with van der Waals surface area (Å²) in [6.07, 6.45) is 4.51. The van der Waals surface area contributed by atoms with Crippen LogP contribution in [0.25, 0.3) is 0 Å². The molecule has 6 nitrogen and oxygen atoms in total. The molecule has 3 N–H and O–H groups in total. The molecule has 1 aromatic heterocycles. The molecule has 2 rings (SSSR count). The number of esters is 1. The van der Waals surface area contributed by atoms with Crippen molar-refractivity contribution in [2.24, 2.45) is 0 Å². The van der Waals surface area contributed by atoms with E-state index in [4.69, 9.17) is 10.5 Å². The van der Waals surface area contributed by atoms with Crippen molar-refractivity contribution in [2.75, 3.05) is 12.3 Å². The number of anilines is 1. The van der Waals surface area contributed by atoms with Gasteiger partial charge in [0, 0.05) is 30.6 Å². The van der Waals surface area contributed by atoms with Gasteiger partial charge in [-0.15, -0.1) is 0 Å². The summed E-state index contributed by atoms with van der Waals surface area (Å²) in [4.78, 5) is 19.0. The lowest BCUT2D eigenvalue weighted by Crippen LogP contribution is -2.09. The summed E-state index contributed by atoms with van der Waals surface area (Å²) in [6.45, 7) is 0.158. The van der Waals surface area contributed by atoms with Gasteiger partial charge in [-0.05, 0) is 11.6 Å². The molecule has 0 fully saturated rings. The summed E-state index contributed by atoms with van der Waals surface area (Å²) in [5.41, 5.74) is 6.97. The lowest BCUT2D eigenvalue weighted by molar-refractivity contribution is 0.0507. The average Bonchev–Trinajstić information content (AvgIpc) is 2.42. The Hall–Kier alpha value is -2.63. The Morgan fingerprint density at radius 3 is 2.74 bits per heavy atom. The molecule has 2 aromatic rings. The summed E-state index contributed by atoms with van der Waals surface area (Å²) in [7, 11) is 0. The number of rotatable bonds is 4. The zero-order valence-electron chi connectivity index (χ0n) is 10.1. The van der Waals surface area contributed by atoms with E-state index in [-0.39, 0.29) is 12.4 Å². The Balaban J connectivity index is 1.88. The fourth-order valence-electron chi connectivity index (χ4n) is 1.53. The normalized spacial score (nSPS) is 10.1. The van der Waals surface area contributed by atoms with Gasteiger partial charge in [-0.3, -0.25) is 0 Å². The second-order valence-electron chi connectivity index (χ2n) is 3.90. The summed E-state index contributed by atoms with van der Waals surface area (Å²) >= 11 is 0. The van der Waals surface area contributed by atoms with Crippen LogP contribution in [0.1, 0.15) is 15.9 Å². The summed E-state index contributed by atoms with van der Waals surface area (Å²) in [5.74, 6) is -0.394. The van der Waals surface area contributed by atoms with Crippen LogP contribution in [0.3, 0.4) is 0 Å². The predicted molar refractivity (Wildman–Crippen MR) is 68.5 cm³/mol. The number of ether oxygens (including phenoxy) is 1. The lowest BCUT2D eigenvalue weighted by atomic mass is 10.1. The zero-order valence-corrected chi connectivity index (χ0v) is 10.1. The SMILES string of the molecule is Nc1ccc(CCOC(=O)c2cncnc2)c(O)c1. The van der Waals surface area contributed by atoms with E-state index in [2.05, 4.69) is 9.97 Å². The lowest BCUT2D eigenvalue weighted by Gasteiger charge is -2.06. The molecule has 0 atom stereocenters. The van der Waals surface area contributed by atoms with Gasteiger partial charge in [-0.1, -0.05) is 6.07 Å². The third-order valence-corrected chi connectivity index (χ3v) is 2.51. The number of aromatic nitrogens is 2. The van der Waals surface area contributed by atoms with Crippen LogP contribution in [0.15, 0.2) is 36.9 Å². The smallest absolute Gasteiger partial charge is 0.341 e. The molecule has 0 bridgehead atoms. The molecule has 0 saturated carbocycles. The molecule has 0 amide bonds. The number of hydrogen-bond acceptors (Lipinski definition) is 6. The minimum Gasteiger partial charge on any atom is -0.508 e. The molecule has 6 heteroatoms. The molecule has 0 aliphatic rings. The Morgan fingerprint density at radius 1 is 1.32 bits per heavy atom. The maximum atomic E-state index is 11.6. The Morgan fingerprint density at radius 2 is 2.05 bits per heavy atom. The van der Waals surface area contributed by atoms with E-state index in [1.165, 1.54) is 24.8 Å². The molecule has 0 aliphatic heterocycles. The quantitative estimate of drug-likeness (QED) is 0.631. The Labute approximate surface area is 109 Å². The number of phenolic OH excluding ortho intramolecular Hbond substituents is 1. The average molecular weight is 259 g/mol. The van der Waals surface area contributed by atoms with Crippen molar-refractivity contribution >= 4 is 11.7 Å². The van der Waals surface area contributed by atoms with E-state index in [0.29, 0.717) is 23.2 Å². The molecular weight excluding hydrogens is 246 g/mol. The molecule has 0 unspecified atom stereocenters. The van der Waals surface area contributed by atoms with E-state index in [0.717, 1.165) is 0 Å². The first-order chi connectivity index (χ1) is 9.16. The van der Waals surface area contributed by atoms with E-state index < -0.39 is 5.97 Å². The number of nitrogens with two attached hydrogens (primary N) is 1. The second kappa shape index (κ2) is 5.81. The molecule has 0 saturated heterocycles. The van der Waals surface area contributed by atoms with Crippen LogP contribution in [-0.4, -0.2) is 27.7 Å². The Bertz CT molecular complexity index is 573. The van der Waals surface area contributed by atoms with Gasteiger partial charge in [0.05, 0.1) is 12.2 Å². The summed E-state index contributed by atoms with van der Waals surface area (Å²) in [6, 6.07) is 4.84. The van der Waals surface area contributed by atoms with Crippen LogP contribution in [0.4, 0.5) is 5.69 Å². The second-order valence-corrected chi connectivity index (χ2v) is 3.90. The van der Waals surface area contributed by atoms with Crippen LogP contribution < -0.4 is 5.73 Å². The minimum atomic E-state index is -0.490. The van der Waals surface area contributed by atoms with Crippen molar-refractivity contribution in [3.05, 3.63) is 48.0 Å². The molecule has 19 heavy (non-hydrogen) atoms. The monoisotopic (exact) mass is 259 g/mol. The molecular formula is C13H13N3O3. The maximum absolute atomic E-state index is 11.6. The number of phenols is 1. The molecule has 1 aromatic carbocycles. The molecule has 0 radical (unpaired) electrons. The standard InChI is InChI=1S/C13H13N3O3/c14-11-2-1-9(12(17)5-11)3-4-19-13(18)10-6-15-8-16-7-10/h1-2,5-8,17H,3-4,14H2. The highest BCUT2D eigenvalue weighted by Gasteiger charge is 2.08. The van der Waals surface area contributed by atoms with Gasteiger partial charge in [0.25, 0.3) is 0 Å². The maximum Gasteiger partial charge on any atom is 0.341 e. The molecule has 1 heterocycles. The Kier molecular flexibility index (Phi) is 3.92. The number of nitrogens with zero attached hydrogens (tertiary/aromatic N) is 2. The fraction of sp³-hybridized carbons (Fsp3) is 0.154. The van der Waals surface area contributed by atoms with Crippen LogP contribution in [-0.2, 0) is 11.2 Å². The van der Waals surface area contributed by atoms with Gasteiger partial charge >= 0.3 is 5.97 Å². The summed E-state index contributed by atoms with van der Waals surface area (Å²) < 4.78 is 5.06. The van der Waals surface area contributed by atoms with Crippen molar-refractivity contribution in [3.63, 3.8) is 0 Å². The van der Waals surface area contributed by atoms with E-state index >= 15 is 0 Å². The highest BCUT2D eigenvalue weighted by Crippen LogP contribution is 2.20. The molecule has 98 valence electrons. The van der Waals surface area contributed by atoms with E-state index in [1.807, 2.05) is 0 Å². The van der Waals surface area contributed by atoms with Crippen LogP contribution in [0.5, 0.6) is 5.75 Å². The number of nitrogen functional groups attached to an aromatic ring is 1. The third-order valence-electron chi connectivity index (χ3n) is 2.51. The van der Waals surface area contributed by atoms with Gasteiger partial charge in [-0.25, -0.2) is 14.8 Å². The number of benzene rings is 1. The fourth-order valence-corrected chi connectivity index (χ4v) is 1.53.